The van der Waals surface area contributed by atoms with Gasteiger partial charge in [0.05, 0.1) is 24.5 Å². The predicted molar refractivity (Wildman–Crippen MR) is 124 cm³/mol. The molecule has 162 valence electrons. The number of ether oxygens (including phenoxy) is 1. The molecule has 7 heteroatoms. The maximum Gasteiger partial charge on any atom is 0.266 e. The third-order valence-corrected chi connectivity index (χ3v) is 6.54. The predicted octanol–water partition coefficient (Wildman–Crippen LogP) is 4.82. The average Bonchev–Trinajstić information content (AvgIpc) is 3.31. The molecule has 0 aliphatic carbocycles. The fourth-order valence-electron chi connectivity index (χ4n) is 4.42. The fraction of sp³-hybridized carbons (Fsp3) is 0.200. The molecule has 2 amide bonds. The van der Waals surface area contributed by atoms with Gasteiger partial charge >= 0.3 is 0 Å². The summed E-state index contributed by atoms with van der Waals surface area (Å²) in [6.45, 7) is 1.98. The summed E-state index contributed by atoms with van der Waals surface area (Å²) in [4.78, 5) is 34.4. The lowest BCUT2D eigenvalue weighted by molar-refractivity contribution is -0.126. The molecular weight excluding hydrogens is 472 g/mol. The van der Waals surface area contributed by atoms with Gasteiger partial charge in [-0.1, -0.05) is 46.3 Å². The molecule has 0 N–H and O–H groups in total. The van der Waals surface area contributed by atoms with Crippen molar-refractivity contribution in [2.24, 2.45) is 5.92 Å². The van der Waals surface area contributed by atoms with Crippen molar-refractivity contribution in [3.05, 3.63) is 88.4 Å². The van der Waals surface area contributed by atoms with Crippen LogP contribution in [0.25, 0.3) is 0 Å². The van der Waals surface area contributed by atoms with E-state index in [9.17, 15) is 9.59 Å². The second kappa shape index (κ2) is 8.07. The number of aryl methyl sites for hydroxylation is 1. The molecule has 3 aromatic rings. The summed E-state index contributed by atoms with van der Waals surface area (Å²) >= 11 is 3.40. The number of imide groups is 1. The molecule has 32 heavy (non-hydrogen) atoms. The lowest BCUT2D eigenvalue weighted by Gasteiger charge is -2.29. The summed E-state index contributed by atoms with van der Waals surface area (Å²) in [6, 6.07) is 22.0. The van der Waals surface area contributed by atoms with Gasteiger partial charge in [0.2, 0.25) is 5.91 Å². The number of para-hydroxylation sites is 1. The molecule has 3 atom stereocenters. The number of hydrogen-bond donors (Lipinski definition) is 0. The van der Waals surface area contributed by atoms with E-state index in [-0.39, 0.29) is 11.8 Å². The molecule has 2 saturated heterocycles. The smallest absolute Gasteiger partial charge is 0.266 e. The van der Waals surface area contributed by atoms with Crippen molar-refractivity contribution in [1.29, 1.82) is 0 Å². The molecule has 2 aliphatic heterocycles. The molecule has 2 fully saturated rings. The van der Waals surface area contributed by atoms with Gasteiger partial charge in [0.25, 0.3) is 5.91 Å². The molecule has 5 rings (SSSR count). The van der Waals surface area contributed by atoms with Crippen LogP contribution < -0.4 is 14.7 Å². The van der Waals surface area contributed by atoms with Crippen molar-refractivity contribution < 1.29 is 19.2 Å². The average molecular weight is 493 g/mol. The first-order chi connectivity index (χ1) is 15.5. The summed E-state index contributed by atoms with van der Waals surface area (Å²) in [5.74, 6) is -0.563. The van der Waals surface area contributed by atoms with Gasteiger partial charge in [-0.2, -0.15) is 0 Å². The number of benzene rings is 3. The van der Waals surface area contributed by atoms with Gasteiger partial charge in [0, 0.05) is 4.47 Å². The number of hydroxylamine groups is 1. The van der Waals surface area contributed by atoms with Crippen LogP contribution in [0, 0.1) is 12.8 Å². The molecule has 2 heterocycles. The molecule has 0 saturated carbocycles. The minimum atomic E-state index is -0.891. The van der Waals surface area contributed by atoms with Gasteiger partial charge < -0.3 is 4.74 Å². The number of amides is 2. The van der Waals surface area contributed by atoms with Crippen LogP contribution in [-0.2, 0) is 14.4 Å². The summed E-state index contributed by atoms with van der Waals surface area (Å²) in [5, 5.41) is 1.72. The van der Waals surface area contributed by atoms with Crippen LogP contribution in [0.4, 0.5) is 11.4 Å². The van der Waals surface area contributed by atoms with Gasteiger partial charge in [-0.25, -0.2) is 9.96 Å². The van der Waals surface area contributed by atoms with E-state index < -0.39 is 18.1 Å². The second-order valence-corrected chi connectivity index (χ2v) is 8.79. The van der Waals surface area contributed by atoms with Crippen LogP contribution >= 0.6 is 15.9 Å². The van der Waals surface area contributed by atoms with E-state index in [1.165, 1.54) is 4.90 Å². The monoisotopic (exact) mass is 492 g/mol. The molecule has 0 aromatic heterocycles. The molecule has 0 radical (unpaired) electrons. The molecule has 0 bridgehead atoms. The Bertz CT molecular complexity index is 1180. The quantitative estimate of drug-likeness (QED) is 0.488. The van der Waals surface area contributed by atoms with Crippen molar-refractivity contribution in [3.63, 3.8) is 0 Å². The number of fused-ring (bicyclic) bond motifs is 1. The lowest BCUT2D eigenvalue weighted by Crippen LogP contribution is -2.37. The summed E-state index contributed by atoms with van der Waals surface area (Å²) < 4.78 is 6.17. The standard InChI is InChI=1S/C25H21BrN2O4/c1-15-5-3-4-6-20(15)28-22(16-7-13-19(31-2)14-8-16)21-23(32-28)25(30)27(24(21)29)18-11-9-17(26)10-12-18/h3-14,21-23H,1-2H3/t21-,22+,23-/m0/s1. The largest absolute Gasteiger partial charge is 0.497 e. The Morgan fingerprint density at radius 1 is 0.906 bits per heavy atom. The van der Waals surface area contributed by atoms with Crippen LogP contribution in [0.3, 0.4) is 0 Å². The van der Waals surface area contributed by atoms with Crippen LogP contribution in [-0.4, -0.2) is 25.0 Å². The maximum atomic E-state index is 13.6. The first kappa shape index (κ1) is 20.7. The van der Waals surface area contributed by atoms with E-state index in [1.807, 2.05) is 67.6 Å². The van der Waals surface area contributed by atoms with E-state index in [0.717, 1.165) is 27.0 Å². The highest BCUT2D eigenvalue weighted by molar-refractivity contribution is 9.10. The summed E-state index contributed by atoms with van der Waals surface area (Å²) in [6.07, 6.45) is -0.891. The van der Waals surface area contributed by atoms with Crippen molar-refractivity contribution in [3.8, 4) is 5.75 Å². The Morgan fingerprint density at radius 2 is 1.59 bits per heavy atom. The molecule has 0 unspecified atom stereocenters. The molecule has 6 nitrogen and oxygen atoms in total. The van der Waals surface area contributed by atoms with Crippen molar-refractivity contribution in [2.75, 3.05) is 17.1 Å². The first-order valence-corrected chi connectivity index (χ1v) is 11.1. The van der Waals surface area contributed by atoms with E-state index in [0.29, 0.717) is 5.69 Å². The Kier molecular flexibility index (Phi) is 5.23. The molecule has 2 aliphatic rings. The summed E-state index contributed by atoms with van der Waals surface area (Å²) in [7, 11) is 1.61. The Morgan fingerprint density at radius 3 is 2.25 bits per heavy atom. The number of nitrogens with zero attached hydrogens (tertiary/aromatic N) is 2. The number of hydrogen-bond acceptors (Lipinski definition) is 5. The highest BCUT2D eigenvalue weighted by Gasteiger charge is 2.60. The number of carbonyl (C=O) groups is 2. The maximum absolute atomic E-state index is 13.6. The van der Waals surface area contributed by atoms with Crippen LogP contribution in [0.1, 0.15) is 17.2 Å². The van der Waals surface area contributed by atoms with Crippen molar-refractivity contribution in [2.45, 2.75) is 19.1 Å². The highest BCUT2D eigenvalue weighted by atomic mass is 79.9. The Labute approximate surface area is 194 Å². The van der Waals surface area contributed by atoms with Crippen LogP contribution in [0.2, 0.25) is 0 Å². The minimum absolute atomic E-state index is 0.265. The number of anilines is 2. The summed E-state index contributed by atoms with van der Waals surface area (Å²) in [5.41, 5.74) is 3.24. The fourth-order valence-corrected chi connectivity index (χ4v) is 4.68. The minimum Gasteiger partial charge on any atom is -0.497 e. The van der Waals surface area contributed by atoms with Crippen molar-refractivity contribution in [1.82, 2.24) is 0 Å². The second-order valence-electron chi connectivity index (χ2n) is 7.87. The Balaban J connectivity index is 1.59. The molecule has 3 aromatic carbocycles. The Hall–Kier alpha value is -3.16. The van der Waals surface area contributed by atoms with Gasteiger partial charge in [0.15, 0.2) is 6.10 Å². The SMILES string of the molecule is COc1ccc([C@@H]2[C@@H]3C(=O)N(c4ccc(Br)cc4)C(=O)[C@H]3ON2c2ccccc2C)cc1. The molecular formula is C25H21BrN2O4. The van der Waals surface area contributed by atoms with E-state index >= 15 is 0 Å². The first-order valence-electron chi connectivity index (χ1n) is 10.3. The zero-order valence-corrected chi connectivity index (χ0v) is 19.2. The number of carbonyl (C=O) groups excluding carboxylic acids is 2. The number of rotatable bonds is 4. The van der Waals surface area contributed by atoms with Crippen molar-refractivity contribution >= 4 is 39.1 Å². The topological polar surface area (TPSA) is 59.1 Å². The zero-order valence-electron chi connectivity index (χ0n) is 17.6. The zero-order chi connectivity index (χ0) is 22.4. The van der Waals surface area contributed by atoms with E-state index in [2.05, 4.69) is 15.9 Å². The lowest BCUT2D eigenvalue weighted by atomic mass is 9.90. The third kappa shape index (κ3) is 3.29. The highest BCUT2D eigenvalue weighted by Crippen LogP contribution is 2.48. The van der Waals surface area contributed by atoms with Crippen LogP contribution in [0.15, 0.2) is 77.3 Å². The van der Waals surface area contributed by atoms with Gasteiger partial charge in [-0.15, -0.1) is 0 Å². The third-order valence-electron chi connectivity index (χ3n) is 6.01. The molecule has 0 spiro atoms. The number of halogens is 1. The van der Waals surface area contributed by atoms with Gasteiger partial charge in [0.1, 0.15) is 11.7 Å². The van der Waals surface area contributed by atoms with Gasteiger partial charge in [-0.3, -0.25) is 14.4 Å². The van der Waals surface area contributed by atoms with Crippen LogP contribution in [0.5, 0.6) is 5.75 Å². The number of methoxy groups -OCH3 is 1. The van der Waals surface area contributed by atoms with E-state index in [4.69, 9.17) is 9.57 Å². The normalized spacial score (nSPS) is 22.4. The van der Waals surface area contributed by atoms with E-state index in [1.54, 1.807) is 24.3 Å². The van der Waals surface area contributed by atoms with Gasteiger partial charge in [-0.05, 0) is 60.5 Å².